The van der Waals surface area contributed by atoms with Crippen LogP contribution in [0.5, 0.6) is 5.75 Å². The van der Waals surface area contributed by atoms with Crippen LogP contribution in [0.15, 0.2) is 59.6 Å². The summed E-state index contributed by atoms with van der Waals surface area (Å²) in [4.78, 5) is 20.8. The number of aliphatic imine (C=N–C) groups is 1. The minimum absolute atomic E-state index is 0. The first kappa shape index (κ1) is 25.1. The maximum Gasteiger partial charge on any atom is 0.243 e. The first-order valence-electron chi connectivity index (χ1n) is 11.4. The summed E-state index contributed by atoms with van der Waals surface area (Å²) in [5.74, 6) is 1.59. The zero-order valence-electron chi connectivity index (χ0n) is 19.4. The minimum atomic E-state index is -0.0163. The number of nitrogens with one attached hydrogen (secondary N) is 2. The lowest BCUT2D eigenvalue weighted by atomic mass is 10.0. The van der Waals surface area contributed by atoms with Crippen LogP contribution in [0.25, 0.3) is 0 Å². The van der Waals surface area contributed by atoms with Crippen molar-refractivity contribution in [3.8, 4) is 5.75 Å². The minimum Gasteiger partial charge on any atom is -0.493 e. The van der Waals surface area contributed by atoms with Crippen LogP contribution in [0.1, 0.15) is 30.9 Å². The zero-order chi connectivity index (χ0) is 22.3. The summed E-state index contributed by atoms with van der Waals surface area (Å²) in [5, 5.41) is 7.17. The third kappa shape index (κ3) is 6.75. The van der Waals surface area contributed by atoms with Crippen LogP contribution in [0.3, 0.4) is 0 Å². The fourth-order valence-electron chi connectivity index (χ4n) is 4.19. The predicted molar refractivity (Wildman–Crippen MR) is 144 cm³/mol. The van der Waals surface area contributed by atoms with Gasteiger partial charge in [0.2, 0.25) is 5.91 Å². The first-order chi connectivity index (χ1) is 15.6. The van der Waals surface area contributed by atoms with Crippen LogP contribution in [0.2, 0.25) is 0 Å². The molecule has 0 saturated carbocycles. The van der Waals surface area contributed by atoms with Crippen LogP contribution >= 0.6 is 24.0 Å². The second-order valence-corrected chi connectivity index (χ2v) is 8.57. The molecule has 2 aromatic carbocycles. The van der Waals surface area contributed by atoms with E-state index in [-0.39, 0.29) is 42.5 Å². The summed E-state index contributed by atoms with van der Waals surface area (Å²) in [7, 11) is 3.51. The highest BCUT2D eigenvalue weighted by Crippen LogP contribution is 2.31. The molecular formula is C25H34IN5O2. The number of ether oxygens (including phenoxy) is 1. The highest BCUT2D eigenvalue weighted by Gasteiger charge is 2.25. The maximum atomic E-state index is 12.2. The molecule has 2 aliphatic heterocycles. The number of rotatable bonds is 5. The molecule has 178 valence electrons. The number of anilines is 1. The molecule has 2 N–H and O–H groups in total. The highest BCUT2D eigenvalue weighted by atomic mass is 127. The average molecular weight is 563 g/mol. The number of guanidine groups is 1. The SMILES string of the molecule is CN(C)C(=O)CN=C(NC1CCN(c2ccccc2)CC1)NC1CCOc2ccccc21.I. The van der Waals surface area contributed by atoms with Crippen LogP contribution in [-0.4, -0.2) is 63.1 Å². The third-order valence-electron chi connectivity index (χ3n) is 6.10. The van der Waals surface area contributed by atoms with E-state index in [1.54, 1.807) is 19.0 Å². The van der Waals surface area contributed by atoms with Gasteiger partial charge in [0.05, 0.1) is 12.6 Å². The van der Waals surface area contributed by atoms with Gasteiger partial charge in [-0.3, -0.25) is 4.79 Å². The van der Waals surface area contributed by atoms with E-state index in [0.29, 0.717) is 18.6 Å². The molecule has 2 heterocycles. The van der Waals surface area contributed by atoms with E-state index in [0.717, 1.165) is 43.7 Å². The Morgan fingerprint density at radius 1 is 1.03 bits per heavy atom. The van der Waals surface area contributed by atoms with E-state index in [1.807, 2.05) is 18.2 Å². The lowest BCUT2D eigenvalue weighted by molar-refractivity contribution is -0.127. The number of hydrogen-bond donors (Lipinski definition) is 2. The van der Waals surface area contributed by atoms with Crippen molar-refractivity contribution in [2.75, 3.05) is 45.2 Å². The molecule has 2 aromatic rings. The summed E-state index contributed by atoms with van der Waals surface area (Å²) in [6.07, 6.45) is 2.88. The molecule has 0 radical (unpaired) electrons. The summed E-state index contributed by atoms with van der Waals surface area (Å²) < 4.78 is 5.80. The van der Waals surface area contributed by atoms with Gasteiger partial charge in [0.15, 0.2) is 5.96 Å². The van der Waals surface area contributed by atoms with Gasteiger partial charge in [0.1, 0.15) is 12.3 Å². The number of piperidine rings is 1. The van der Waals surface area contributed by atoms with Crippen molar-refractivity contribution in [3.05, 3.63) is 60.2 Å². The number of likely N-dealkylation sites (N-methyl/N-ethyl adjacent to an activating group) is 1. The molecule has 4 rings (SSSR count). The van der Waals surface area contributed by atoms with Gasteiger partial charge in [-0.2, -0.15) is 0 Å². The first-order valence-corrected chi connectivity index (χ1v) is 11.4. The zero-order valence-corrected chi connectivity index (χ0v) is 21.7. The molecule has 33 heavy (non-hydrogen) atoms. The molecule has 1 unspecified atom stereocenters. The Bertz CT molecular complexity index is 929. The summed E-state index contributed by atoms with van der Waals surface area (Å²) in [5.41, 5.74) is 2.40. The lowest BCUT2D eigenvalue weighted by Gasteiger charge is -2.35. The van der Waals surface area contributed by atoms with E-state index >= 15 is 0 Å². The Labute approximate surface area is 213 Å². The topological polar surface area (TPSA) is 69.2 Å². The standard InChI is InChI=1S/C25H33N5O2.HI/c1-29(2)24(31)18-26-25(28-22-14-17-32-23-11-7-6-10-21(22)23)27-19-12-15-30(16-13-19)20-8-4-3-5-9-20;/h3-11,19,22H,12-18H2,1-2H3,(H2,26,27,28);1H. The molecule has 0 aliphatic carbocycles. The molecule has 7 nitrogen and oxygen atoms in total. The molecule has 0 spiro atoms. The quantitative estimate of drug-likeness (QED) is 0.332. The number of carbonyl (C=O) groups excluding carboxylic acids is 1. The third-order valence-corrected chi connectivity index (χ3v) is 6.10. The van der Waals surface area contributed by atoms with Crippen LogP contribution in [0, 0.1) is 0 Å². The van der Waals surface area contributed by atoms with Crippen molar-refractivity contribution >= 4 is 41.5 Å². The molecule has 0 bridgehead atoms. The van der Waals surface area contributed by atoms with E-state index in [9.17, 15) is 4.79 Å². The molecule has 8 heteroatoms. The number of nitrogens with zero attached hydrogens (tertiary/aromatic N) is 3. The van der Waals surface area contributed by atoms with E-state index in [2.05, 4.69) is 56.9 Å². The smallest absolute Gasteiger partial charge is 0.243 e. The van der Waals surface area contributed by atoms with Crippen molar-refractivity contribution in [2.24, 2.45) is 4.99 Å². The average Bonchev–Trinajstić information content (AvgIpc) is 2.83. The van der Waals surface area contributed by atoms with E-state index < -0.39 is 0 Å². The Morgan fingerprint density at radius 3 is 2.45 bits per heavy atom. The second-order valence-electron chi connectivity index (χ2n) is 8.57. The molecule has 1 atom stereocenters. The van der Waals surface area contributed by atoms with Gasteiger partial charge in [-0.15, -0.1) is 24.0 Å². The van der Waals surface area contributed by atoms with E-state index in [1.165, 1.54) is 5.69 Å². The van der Waals surface area contributed by atoms with Gasteiger partial charge < -0.3 is 25.2 Å². The Hall–Kier alpha value is -2.49. The lowest BCUT2D eigenvalue weighted by Crippen LogP contribution is -2.50. The normalized spacial score (nSPS) is 18.4. The predicted octanol–water partition coefficient (Wildman–Crippen LogP) is 3.42. The highest BCUT2D eigenvalue weighted by molar-refractivity contribution is 14.0. The molecule has 1 saturated heterocycles. The molecule has 1 fully saturated rings. The van der Waals surface area contributed by atoms with Crippen LogP contribution in [-0.2, 0) is 4.79 Å². The van der Waals surface area contributed by atoms with Crippen LogP contribution < -0.4 is 20.3 Å². The second kappa shape index (κ2) is 12.1. The summed E-state index contributed by atoms with van der Waals surface area (Å²) in [6, 6.07) is 19.1. The van der Waals surface area contributed by atoms with Crippen molar-refractivity contribution in [2.45, 2.75) is 31.3 Å². The van der Waals surface area contributed by atoms with Gasteiger partial charge in [-0.25, -0.2) is 4.99 Å². The van der Waals surface area contributed by atoms with Crippen LogP contribution in [0.4, 0.5) is 5.69 Å². The Balaban J connectivity index is 0.00000306. The largest absolute Gasteiger partial charge is 0.493 e. The fraction of sp³-hybridized carbons (Fsp3) is 0.440. The molecule has 1 amide bonds. The number of carbonyl (C=O) groups is 1. The summed E-state index contributed by atoms with van der Waals surface area (Å²) >= 11 is 0. The van der Waals surface area contributed by atoms with Gasteiger partial charge in [-0.1, -0.05) is 36.4 Å². The fourth-order valence-corrected chi connectivity index (χ4v) is 4.19. The number of benzene rings is 2. The number of fused-ring (bicyclic) bond motifs is 1. The van der Waals surface area contributed by atoms with Gasteiger partial charge >= 0.3 is 0 Å². The molecule has 0 aromatic heterocycles. The number of hydrogen-bond acceptors (Lipinski definition) is 4. The van der Waals surface area contributed by atoms with Crippen molar-refractivity contribution in [1.29, 1.82) is 0 Å². The van der Waals surface area contributed by atoms with E-state index in [4.69, 9.17) is 4.74 Å². The molecule has 2 aliphatic rings. The van der Waals surface area contributed by atoms with Gasteiger partial charge in [0.25, 0.3) is 0 Å². The number of amides is 1. The van der Waals surface area contributed by atoms with Gasteiger partial charge in [-0.05, 0) is 31.0 Å². The maximum absolute atomic E-state index is 12.2. The number of para-hydroxylation sites is 2. The van der Waals surface area contributed by atoms with Crippen molar-refractivity contribution in [3.63, 3.8) is 0 Å². The number of halogens is 1. The molecular weight excluding hydrogens is 529 g/mol. The van der Waals surface area contributed by atoms with Gasteiger partial charge in [0, 0.05) is 50.9 Å². The summed E-state index contributed by atoms with van der Waals surface area (Å²) in [6.45, 7) is 2.77. The monoisotopic (exact) mass is 563 g/mol. The van der Waals surface area contributed by atoms with Crippen molar-refractivity contribution in [1.82, 2.24) is 15.5 Å². The Kier molecular flexibility index (Phi) is 9.22. The van der Waals surface area contributed by atoms with Crippen molar-refractivity contribution < 1.29 is 9.53 Å². The Morgan fingerprint density at radius 2 is 1.73 bits per heavy atom.